The minimum absolute atomic E-state index is 0.0611. The molecule has 2 aromatic rings. The molecule has 0 atom stereocenters. The number of nitrogens with one attached hydrogen (secondary N) is 1. The number of carbonyl (C=O) groups excluding carboxylic acids is 1. The number of hydrogen-bond acceptors (Lipinski definition) is 4. The maximum atomic E-state index is 13.2. The highest BCUT2D eigenvalue weighted by atomic mass is 32.2. The van der Waals surface area contributed by atoms with E-state index in [4.69, 9.17) is 0 Å². The van der Waals surface area contributed by atoms with E-state index in [0.29, 0.717) is 16.3 Å². The Labute approximate surface area is 121 Å². The summed E-state index contributed by atoms with van der Waals surface area (Å²) in [6.45, 7) is 5.67. The number of rotatable bonds is 5. The van der Waals surface area contributed by atoms with Crippen molar-refractivity contribution in [2.45, 2.75) is 31.8 Å². The molecule has 0 aliphatic rings. The van der Waals surface area contributed by atoms with Crippen LogP contribution in [0.15, 0.2) is 23.4 Å². The Morgan fingerprint density at radius 1 is 1.45 bits per heavy atom. The number of Topliss-reactive ketones (excluding diaryl/α,β-unsaturated/α-hetero) is 1. The molecule has 1 N–H and O–H groups in total. The lowest BCUT2D eigenvalue weighted by Crippen LogP contribution is -2.03. The molecule has 1 heterocycles. The fourth-order valence-corrected chi connectivity index (χ4v) is 2.31. The van der Waals surface area contributed by atoms with Gasteiger partial charge >= 0.3 is 0 Å². The second kappa shape index (κ2) is 6.17. The van der Waals surface area contributed by atoms with Crippen molar-refractivity contribution < 1.29 is 9.18 Å². The van der Waals surface area contributed by atoms with Gasteiger partial charge < -0.3 is 0 Å². The van der Waals surface area contributed by atoms with E-state index >= 15 is 0 Å². The molecule has 0 spiro atoms. The topological polar surface area (TPSA) is 58.6 Å². The van der Waals surface area contributed by atoms with Crippen LogP contribution in [0, 0.1) is 12.7 Å². The molecule has 0 amide bonds. The van der Waals surface area contributed by atoms with E-state index in [1.54, 1.807) is 13.0 Å². The van der Waals surface area contributed by atoms with Crippen molar-refractivity contribution >= 4 is 17.5 Å². The highest BCUT2D eigenvalue weighted by Gasteiger charge is 2.12. The van der Waals surface area contributed by atoms with Gasteiger partial charge in [0.25, 0.3) is 0 Å². The Hall–Kier alpha value is -1.69. The summed E-state index contributed by atoms with van der Waals surface area (Å²) in [7, 11) is 0. The van der Waals surface area contributed by atoms with E-state index in [9.17, 15) is 9.18 Å². The van der Waals surface area contributed by atoms with Crippen LogP contribution in [0.2, 0.25) is 0 Å². The molecule has 0 aliphatic heterocycles. The zero-order chi connectivity index (χ0) is 14.7. The van der Waals surface area contributed by atoms with Crippen LogP contribution in [-0.4, -0.2) is 26.7 Å². The molecule has 20 heavy (non-hydrogen) atoms. The summed E-state index contributed by atoms with van der Waals surface area (Å²) >= 11 is 1.27. The van der Waals surface area contributed by atoms with E-state index < -0.39 is 0 Å². The molecule has 0 radical (unpaired) electrons. The number of aromatic amines is 1. The number of halogens is 1. The molecule has 0 unspecified atom stereocenters. The van der Waals surface area contributed by atoms with Crippen molar-refractivity contribution in [2.24, 2.45) is 0 Å². The molecular formula is C14H16FN3OS. The smallest absolute Gasteiger partial charge is 0.208 e. The first-order valence-corrected chi connectivity index (χ1v) is 7.30. The summed E-state index contributed by atoms with van der Waals surface area (Å²) < 4.78 is 13.2. The van der Waals surface area contributed by atoms with Gasteiger partial charge in [0.15, 0.2) is 5.78 Å². The molecule has 0 fully saturated rings. The average molecular weight is 293 g/mol. The van der Waals surface area contributed by atoms with E-state index in [0.717, 1.165) is 5.82 Å². The third kappa shape index (κ3) is 3.45. The number of hydrogen-bond donors (Lipinski definition) is 1. The SMILES string of the molecule is Cc1cc(C(=O)CSc2n[nH]c(C(C)C)n2)ccc1F. The number of thioether (sulfide) groups is 1. The lowest BCUT2D eigenvalue weighted by atomic mass is 10.1. The Morgan fingerprint density at radius 3 is 2.80 bits per heavy atom. The third-order valence-electron chi connectivity index (χ3n) is 2.84. The number of benzene rings is 1. The zero-order valence-corrected chi connectivity index (χ0v) is 12.4. The van der Waals surface area contributed by atoms with Crippen molar-refractivity contribution in [3.63, 3.8) is 0 Å². The van der Waals surface area contributed by atoms with Gasteiger partial charge in [-0.1, -0.05) is 25.6 Å². The molecule has 0 aliphatic carbocycles. The molecule has 0 saturated heterocycles. The number of H-pyrrole nitrogens is 1. The second-order valence-corrected chi connectivity index (χ2v) is 5.78. The van der Waals surface area contributed by atoms with Gasteiger partial charge in [-0.05, 0) is 30.7 Å². The van der Waals surface area contributed by atoms with Crippen LogP contribution in [0.5, 0.6) is 0 Å². The second-order valence-electron chi connectivity index (χ2n) is 4.83. The molecule has 1 aromatic heterocycles. The maximum absolute atomic E-state index is 13.2. The number of aryl methyl sites for hydroxylation is 1. The first-order chi connectivity index (χ1) is 9.47. The summed E-state index contributed by atoms with van der Waals surface area (Å²) in [5.74, 6) is 0.948. The number of carbonyl (C=O) groups is 1. The van der Waals surface area contributed by atoms with Gasteiger partial charge in [0.05, 0.1) is 5.75 Å². The first-order valence-electron chi connectivity index (χ1n) is 6.32. The van der Waals surface area contributed by atoms with Crippen molar-refractivity contribution in [3.05, 3.63) is 41.0 Å². The molecule has 6 heteroatoms. The van der Waals surface area contributed by atoms with Crippen molar-refractivity contribution in [1.82, 2.24) is 15.2 Å². The summed E-state index contributed by atoms with van der Waals surface area (Å²) in [5.41, 5.74) is 0.983. The van der Waals surface area contributed by atoms with Gasteiger partial charge in [0, 0.05) is 11.5 Å². The predicted octanol–water partition coefficient (Wildman–Crippen LogP) is 3.35. The van der Waals surface area contributed by atoms with Gasteiger partial charge in [0.1, 0.15) is 11.6 Å². The minimum atomic E-state index is -0.301. The van der Waals surface area contributed by atoms with Crippen LogP contribution in [0.3, 0.4) is 0 Å². The molecule has 2 rings (SSSR count). The summed E-state index contributed by atoms with van der Waals surface area (Å²) in [5, 5.41) is 7.45. The molecule has 0 saturated carbocycles. The van der Waals surface area contributed by atoms with Gasteiger partial charge in [-0.15, -0.1) is 5.10 Å². The molecular weight excluding hydrogens is 277 g/mol. The van der Waals surface area contributed by atoms with Gasteiger partial charge in [-0.3, -0.25) is 9.89 Å². The van der Waals surface area contributed by atoms with Crippen LogP contribution < -0.4 is 0 Å². The van der Waals surface area contributed by atoms with Crippen molar-refractivity contribution in [2.75, 3.05) is 5.75 Å². The largest absolute Gasteiger partial charge is 0.293 e. The number of ketones is 1. The zero-order valence-electron chi connectivity index (χ0n) is 11.6. The monoisotopic (exact) mass is 293 g/mol. The molecule has 106 valence electrons. The predicted molar refractivity (Wildman–Crippen MR) is 76.7 cm³/mol. The van der Waals surface area contributed by atoms with Crippen LogP contribution in [0.25, 0.3) is 0 Å². The molecule has 1 aromatic carbocycles. The standard InChI is InChI=1S/C14H16FN3OS/c1-8(2)13-16-14(18-17-13)20-7-12(19)10-4-5-11(15)9(3)6-10/h4-6,8H,7H2,1-3H3,(H,16,17,18). The summed E-state index contributed by atoms with van der Waals surface area (Å²) in [4.78, 5) is 16.3. The highest BCUT2D eigenvalue weighted by molar-refractivity contribution is 7.99. The van der Waals surface area contributed by atoms with Crippen LogP contribution in [0.4, 0.5) is 4.39 Å². The van der Waals surface area contributed by atoms with Crippen LogP contribution >= 0.6 is 11.8 Å². The van der Waals surface area contributed by atoms with Gasteiger partial charge in [0.2, 0.25) is 5.16 Å². The highest BCUT2D eigenvalue weighted by Crippen LogP contribution is 2.18. The lowest BCUT2D eigenvalue weighted by Gasteiger charge is -2.01. The number of aromatic nitrogens is 3. The molecule has 4 nitrogen and oxygen atoms in total. The van der Waals surface area contributed by atoms with Crippen molar-refractivity contribution in [3.8, 4) is 0 Å². The van der Waals surface area contributed by atoms with Crippen LogP contribution in [0.1, 0.15) is 41.5 Å². The van der Waals surface area contributed by atoms with E-state index in [-0.39, 0.29) is 23.3 Å². The number of nitrogens with zero attached hydrogens (tertiary/aromatic N) is 2. The normalized spacial score (nSPS) is 11.1. The van der Waals surface area contributed by atoms with Crippen LogP contribution in [-0.2, 0) is 0 Å². The minimum Gasteiger partial charge on any atom is -0.293 e. The lowest BCUT2D eigenvalue weighted by molar-refractivity contribution is 0.102. The van der Waals surface area contributed by atoms with Crippen molar-refractivity contribution in [1.29, 1.82) is 0 Å². The Kier molecular flexibility index (Phi) is 4.54. The summed E-state index contributed by atoms with van der Waals surface area (Å²) in [6, 6.07) is 4.38. The fraction of sp³-hybridized carbons (Fsp3) is 0.357. The van der Waals surface area contributed by atoms with E-state index in [1.807, 2.05) is 13.8 Å². The third-order valence-corrected chi connectivity index (χ3v) is 3.69. The fourth-order valence-electron chi connectivity index (χ4n) is 1.61. The van der Waals surface area contributed by atoms with E-state index in [2.05, 4.69) is 15.2 Å². The summed E-state index contributed by atoms with van der Waals surface area (Å²) in [6.07, 6.45) is 0. The van der Waals surface area contributed by atoms with Gasteiger partial charge in [-0.2, -0.15) is 0 Å². The molecule has 0 bridgehead atoms. The first kappa shape index (κ1) is 14.7. The quantitative estimate of drug-likeness (QED) is 0.678. The Bertz CT molecular complexity index is 625. The van der Waals surface area contributed by atoms with Gasteiger partial charge in [-0.25, -0.2) is 9.37 Å². The van der Waals surface area contributed by atoms with E-state index in [1.165, 1.54) is 23.9 Å². The Morgan fingerprint density at radius 2 is 2.20 bits per heavy atom. The average Bonchev–Trinajstić information content (AvgIpc) is 2.88. The maximum Gasteiger partial charge on any atom is 0.208 e. The Balaban J connectivity index is 1.99.